The molecule has 3 aromatic carbocycles. The molecule has 0 spiro atoms. The third-order valence-electron chi connectivity index (χ3n) is 4.56. The Morgan fingerprint density at radius 2 is 1.45 bits per heavy atom. The van der Waals surface area contributed by atoms with Crippen molar-refractivity contribution in [3.05, 3.63) is 96.1 Å². The van der Waals surface area contributed by atoms with Crippen molar-refractivity contribution in [3.63, 3.8) is 0 Å². The van der Waals surface area contributed by atoms with Gasteiger partial charge in [-0.15, -0.1) is 0 Å². The quantitative estimate of drug-likeness (QED) is 0.524. The average molecular weight is 439 g/mol. The zero-order valence-electron chi connectivity index (χ0n) is 16.8. The van der Waals surface area contributed by atoms with Crippen molar-refractivity contribution in [2.45, 2.75) is 17.4 Å². The molecule has 0 bridgehead atoms. The average Bonchev–Trinajstić information content (AvgIpc) is 2.79. The molecule has 0 aliphatic rings. The maximum Gasteiger partial charge on any atom is 0.307 e. The van der Waals surface area contributed by atoms with Crippen LogP contribution in [0.1, 0.15) is 28.4 Å². The summed E-state index contributed by atoms with van der Waals surface area (Å²) in [5, 5.41) is 2.81. The monoisotopic (exact) mass is 438 g/mol. The maximum absolute atomic E-state index is 12.7. The van der Waals surface area contributed by atoms with Crippen LogP contribution >= 0.6 is 0 Å². The summed E-state index contributed by atoms with van der Waals surface area (Å²) >= 11 is 0. The van der Waals surface area contributed by atoms with E-state index in [1.807, 2.05) is 18.2 Å². The molecule has 0 aliphatic carbocycles. The molecule has 8 heteroatoms. The number of anilines is 1. The third-order valence-corrected chi connectivity index (χ3v) is 5.96. The fourth-order valence-corrected chi connectivity index (χ4v) is 3.99. The van der Waals surface area contributed by atoms with Crippen molar-refractivity contribution < 1.29 is 22.7 Å². The van der Waals surface area contributed by atoms with E-state index >= 15 is 0 Å². The van der Waals surface area contributed by atoms with Crippen molar-refractivity contribution in [1.29, 1.82) is 0 Å². The molecular formula is C23H22N2O5S. The molecule has 31 heavy (non-hydrogen) atoms. The molecule has 0 fully saturated rings. The highest BCUT2D eigenvalue weighted by molar-refractivity contribution is 7.92. The fraction of sp³-hybridized carbons (Fsp3) is 0.130. The van der Waals surface area contributed by atoms with E-state index in [0.29, 0.717) is 5.69 Å². The smallest absolute Gasteiger partial charge is 0.307 e. The first-order chi connectivity index (χ1) is 14.9. The molecule has 160 valence electrons. The van der Waals surface area contributed by atoms with Crippen molar-refractivity contribution >= 4 is 27.6 Å². The number of carbonyl (C=O) groups is 2. The van der Waals surface area contributed by atoms with Crippen LogP contribution in [-0.4, -0.2) is 27.4 Å². The lowest BCUT2D eigenvalue weighted by atomic mass is 10.0. The van der Waals surface area contributed by atoms with Crippen LogP contribution in [0.25, 0.3) is 0 Å². The second kappa shape index (κ2) is 9.90. The number of hydrogen-bond acceptors (Lipinski definition) is 5. The molecular weight excluding hydrogens is 416 g/mol. The van der Waals surface area contributed by atoms with E-state index < -0.39 is 27.9 Å². The van der Waals surface area contributed by atoms with Gasteiger partial charge in [0.25, 0.3) is 15.9 Å². The highest BCUT2D eigenvalue weighted by Gasteiger charge is 2.20. The van der Waals surface area contributed by atoms with E-state index in [4.69, 9.17) is 4.74 Å². The van der Waals surface area contributed by atoms with Crippen LogP contribution in [-0.2, 0) is 19.6 Å². The van der Waals surface area contributed by atoms with Crippen LogP contribution in [0, 0.1) is 0 Å². The van der Waals surface area contributed by atoms with Gasteiger partial charge in [0.2, 0.25) is 0 Å². The number of rotatable bonds is 8. The van der Waals surface area contributed by atoms with Gasteiger partial charge in [-0.1, -0.05) is 48.5 Å². The first kappa shape index (κ1) is 22.0. The lowest BCUT2D eigenvalue weighted by Gasteiger charge is -2.18. The van der Waals surface area contributed by atoms with E-state index in [1.54, 1.807) is 42.5 Å². The largest absolute Gasteiger partial charge is 0.469 e. The summed E-state index contributed by atoms with van der Waals surface area (Å²) in [6.07, 6.45) is -0.0281. The molecule has 3 rings (SSSR count). The molecule has 0 aliphatic heterocycles. The van der Waals surface area contributed by atoms with Gasteiger partial charge in [0.1, 0.15) is 0 Å². The number of esters is 1. The predicted molar refractivity (Wildman–Crippen MR) is 117 cm³/mol. The van der Waals surface area contributed by atoms with Gasteiger partial charge in [-0.05, 0) is 42.0 Å². The summed E-state index contributed by atoms with van der Waals surface area (Å²) in [4.78, 5) is 24.5. The highest BCUT2D eigenvalue weighted by Crippen LogP contribution is 2.20. The second-order valence-corrected chi connectivity index (χ2v) is 8.40. The minimum atomic E-state index is -3.78. The molecule has 1 amide bonds. The van der Waals surface area contributed by atoms with Gasteiger partial charge >= 0.3 is 5.97 Å². The Morgan fingerprint density at radius 1 is 0.871 bits per heavy atom. The summed E-state index contributed by atoms with van der Waals surface area (Å²) in [6.45, 7) is 0. The van der Waals surface area contributed by atoms with Gasteiger partial charge in [-0.2, -0.15) is 0 Å². The number of methoxy groups -OCH3 is 1. The van der Waals surface area contributed by atoms with Crippen LogP contribution < -0.4 is 10.0 Å². The summed E-state index contributed by atoms with van der Waals surface area (Å²) in [6, 6.07) is 22.6. The molecule has 0 heterocycles. The normalized spacial score (nSPS) is 11.9. The van der Waals surface area contributed by atoms with Crippen LogP contribution in [0.4, 0.5) is 5.69 Å². The summed E-state index contributed by atoms with van der Waals surface area (Å²) in [5.41, 5.74) is 1.47. The van der Waals surface area contributed by atoms with Crippen LogP contribution in [0.2, 0.25) is 0 Å². The molecule has 7 nitrogen and oxygen atoms in total. The Balaban J connectivity index is 1.74. The summed E-state index contributed by atoms with van der Waals surface area (Å²) < 4.78 is 32.3. The Morgan fingerprint density at radius 3 is 2.03 bits per heavy atom. The first-order valence-corrected chi connectivity index (χ1v) is 11.0. The van der Waals surface area contributed by atoms with E-state index in [-0.39, 0.29) is 16.9 Å². The van der Waals surface area contributed by atoms with Gasteiger partial charge in [0.05, 0.1) is 24.5 Å². The minimum absolute atomic E-state index is 0.0281. The number of sulfonamides is 1. The molecule has 0 saturated carbocycles. The predicted octanol–water partition coefficient (Wildman–Crippen LogP) is 3.52. The number of ether oxygens (including phenoxy) is 1. The van der Waals surface area contributed by atoms with E-state index in [0.717, 1.165) is 5.56 Å². The number of carbonyl (C=O) groups excluding carboxylic acids is 2. The first-order valence-electron chi connectivity index (χ1n) is 9.49. The number of amides is 1. The Labute approximate surface area is 181 Å². The van der Waals surface area contributed by atoms with Gasteiger partial charge in [0, 0.05) is 11.3 Å². The number of benzene rings is 3. The van der Waals surface area contributed by atoms with Gasteiger partial charge in [-0.3, -0.25) is 14.3 Å². The summed E-state index contributed by atoms with van der Waals surface area (Å²) in [7, 11) is -2.50. The fourth-order valence-electron chi connectivity index (χ4n) is 2.93. The lowest BCUT2D eigenvalue weighted by Crippen LogP contribution is -2.30. The Hall–Kier alpha value is -3.65. The molecule has 3 aromatic rings. The SMILES string of the molecule is COC(=O)CC(NC(=O)c1ccc(S(=O)(=O)Nc2ccccc2)cc1)c1ccccc1. The number of hydrogen-bond donors (Lipinski definition) is 2. The van der Waals surface area contributed by atoms with Crippen molar-refractivity contribution in [2.75, 3.05) is 11.8 Å². The molecule has 1 atom stereocenters. The molecule has 1 unspecified atom stereocenters. The van der Waals surface area contributed by atoms with E-state index in [1.165, 1.54) is 31.4 Å². The topological polar surface area (TPSA) is 102 Å². The van der Waals surface area contributed by atoms with Gasteiger partial charge in [0.15, 0.2) is 0 Å². The van der Waals surface area contributed by atoms with Crippen LogP contribution in [0.3, 0.4) is 0 Å². The zero-order valence-corrected chi connectivity index (χ0v) is 17.6. The second-order valence-electron chi connectivity index (χ2n) is 6.71. The summed E-state index contributed by atoms with van der Waals surface area (Å²) in [5.74, 6) is -0.889. The number of para-hydroxylation sites is 1. The molecule has 0 saturated heterocycles. The Kier molecular flexibility index (Phi) is 7.04. The van der Waals surface area contributed by atoms with Gasteiger partial charge in [-0.25, -0.2) is 8.42 Å². The van der Waals surface area contributed by atoms with Crippen LogP contribution in [0.5, 0.6) is 0 Å². The third kappa shape index (κ3) is 5.93. The van der Waals surface area contributed by atoms with Crippen LogP contribution in [0.15, 0.2) is 89.8 Å². The zero-order chi connectivity index (χ0) is 22.3. The maximum atomic E-state index is 12.7. The standard InChI is InChI=1S/C23H22N2O5S/c1-30-22(26)16-21(17-8-4-2-5-9-17)24-23(27)18-12-14-20(15-13-18)31(28,29)25-19-10-6-3-7-11-19/h2-15,21,25H,16H2,1H3,(H,24,27). The number of nitrogens with one attached hydrogen (secondary N) is 2. The van der Waals surface area contributed by atoms with Crippen molar-refractivity contribution in [2.24, 2.45) is 0 Å². The van der Waals surface area contributed by atoms with E-state index in [2.05, 4.69) is 10.0 Å². The Bertz CT molecular complexity index is 1130. The van der Waals surface area contributed by atoms with Crippen molar-refractivity contribution in [1.82, 2.24) is 5.32 Å². The lowest BCUT2D eigenvalue weighted by molar-refractivity contribution is -0.141. The molecule has 0 radical (unpaired) electrons. The van der Waals surface area contributed by atoms with Crippen molar-refractivity contribution in [3.8, 4) is 0 Å². The molecule has 2 N–H and O–H groups in total. The highest BCUT2D eigenvalue weighted by atomic mass is 32.2. The van der Waals surface area contributed by atoms with E-state index in [9.17, 15) is 18.0 Å². The minimum Gasteiger partial charge on any atom is -0.469 e. The molecule has 0 aromatic heterocycles. The van der Waals surface area contributed by atoms with Gasteiger partial charge < -0.3 is 10.1 Å².